The van der Waals surface area contributed by atoms with Crippen LogP contribution in [0.4, 0.5) is 10.3 Å². The zero-order valence-electron chi connectivity index (χ0n) is 11.9. The van der Waals surface area contributed by atoms with E-state index in [-0.39, 0.29) is 0 Å². The van der Waals surface area contributed by atoms with Crippen LogP contribution in [0, 0.1) is 6.92 Å². The van der Waals surface area contributed by atoms with Crippen molar-refractivity contribution in [3.05, 3.63) is 5.69 Å². The van der Waals surface area contributed by atoms with Crippen LogP contribution in [0.2, 0.25) is 0 Å². The third kappa shape index (κ3) is 2.63. The van der Waals surface area contributed by atoms with Gasteiger partial charge in [0.1, 0.15) is 0 Å². The molecule has 2 aromatic rings. The van der Waals surface area contributed by atoms with Gasteiger partial charge in [0.15, 0.2) is 10.1 Å². The average Bonchev–Trinajstić information content (AvgIpc) is 3.05. The van der Waals surface area contributed by atoms with E-state index in [9.17, 15) is 0 Å². The second-order valence-corrected chi connectivity index (χ2v) is 6.82. The second-order valence-electron chi connectivity index (χ2n) is 4.86. The monoisotopic (exact) mass is 310 g/mol. The molecule has 0 radical (unpaired) electrons. The van der Waals surface area contributed by atoms with Crippen LogP contribution >= 0.6 is 22.7 Å². The summed E-state index contributed by atoms with van der Waals surface area (Å²) in [5.74, 6) is 0. The Balaban J connectivity index is 1.83. The highest BCUT2D eigenvalue weighted by atomic mass is 32.1. The first-order valence-electron chi connectivity index (χ1n) is 6.60. The summed E-state index contributed by atoms with van der Waals surface area (Å²) in [7, 11) is 4.02. The fraction of sp³-hybridized carbons (Fsp3) is 0.583. The van der Waals surface area contributed by atoms with Gasteiger partial charge in [-0.1, -0.05) is 22.7 Å². The van der Waals surface area contributed by atoms with Gasteiger partial charge < -0.3 is 15.1 Å². The summed E-state index contributed by atoms with van der Waals surface area (Å²) in [6.07, 6.45) is 0. The minimum Gasteiger partial charge on any atom is -0.363 e. The van der Waals surface area contributed by atoms with E-state index in [1.807, 2.05) is 14.0 Å². The molecule has 0 aliphatic carbocycles. The summed E-state index contributed by atoms with van der Waals surface area (Å²) in [6, 6.07) is 0. The molecule has 3 heterocycles. The molecule has 1 saturated heterocycles. The molecule has 1 N–H and O–H groups in total. The maximum Gasteiger partial charge on any atom is 0.205 e. The first kappa shape index (κ1) is 13.7. The van der Waals surface area contributed by atoms with Crippen LogP contribution in [0.3, 0.4) is 0 Å². The molecule has 0 atom stereocenters. The van der Waals surface area contributed by atoms with Crippen molar-refractivity contribution in [2.24, 2.45) is 0 Å². The molecule has 6 nitrogen and oxygen atoms in total. The number of aryl methyl sites for hydroxylation is 1. The Morgan fingerprint density at radius 3 is 2.50 bits per heavy atom. The summed E-state index contributed by atoms with van der Waals surface area (Å²) in [4.78, 5) is 10.6. The van der Waals surface area contributed by atoms with E-state index >= 15 is 0 Å². The molecular weight excluding hydrogens is 292 g/mol. The maximum atomic E-state index is 4.72. The Morgan fingerprint density at radius 2 is 1.85 bits per heavy atom. The van der Waals surface area contributed by atoms with Crippen molar-refractivity contribution < 1.29 is 0 Å². The molecule has 0 bridgehead atoms. The number of nitrogens with zero attached hydrogens (tertiary/aromatic N) is 5. The summed E-state index contributed by atoms with van der Waals surface area (Å²) in [6.45, 7) is 6.32. The van der Waals surface area contributed by atoms with Crippen LogP contribution < -0.4 is 10.2 Å². The Labute approximate surface area is 126 Å². The van der Waals surface area contributed by atoms with Crippen molar-refractivity contribution in [2.45, 2.75) is 6.92 Å². The molecular formula is C12H18N6S2. The van der Waals surface area contributed by atoms with Gasteiger partial charge in [0.25, 0.3) is 0 Å². The molecule has 0 saturated carbocycles. The predicted molar refractivity (Wildman–Crippen MR) is 85.0 cm³/mol. The first-order valence-corrected chi connectivity index (χ1v) is 8.23. The van der Waals surface area contributed by atoms with E-state index in [1.165, 1.54) is 0 Å². The topological polar surface area (TPSA) is 57.2 Å². The van der Waals surface area contributed by atoms with Crippen molar-refractivity contribution in [3.63, 3.8) is 0 Å². The smallest absolute Gasteiger partial charge is 0.205 e. The lowest BCUT2D eigenvalue weighted by Crippen LogP contribution is -2.44. The van der Waals surface area contributed by atoms with Crippen LogP contribution in [0.1, 0.15) is 5.69 Å². The van der Waals surface area contributed by atoms with Crippen LogP contribution in [0.25, 0.3) is 9.88 Å². The Kier molecular flexibility index (Phi) is 3.86. The van der Waals surface area contributed by atoms with E-state index in [0.29, 0.717) is 0 Å². The van der Waals surface area contributed by atoms with Gasteiger partial charge in [-0.25, -0.2) is 4.98 Å². The highest BCUT2D eigenvalue weighted by Gasteiger charge is 2.20. The largest absolute Gasteiger partial charge is 0.363 e. The average molecular weight is 310 g/mol. The Morgan fingerprint density at radius 1 is 1.10 bits per heavy atom. The number of hydrogen-bond acceptors (Lipinski definition) is 8. The molecule has 0 unspecified atom stereocenters. The summed E-state index contributed by atoms with van der Waals surface area (Å²) >= 11 is 3.29. The number of hydrogen-bond donors (Lipinski definition) is 1. The first-order chi connectivity index (χ1) is 9.67. The zero-order valence-corrected chi connectivity index (χ0v) is 13.5. The van der Waals surface area contributed by atoms with Crippen molar-refractivity contribution in [3.8, 4) is 9.88 Å². The van der Waals surface area contributed by atoms with Crippen molar-refractivity contribution >= 4 is 32.9 Å². The quantitative estimate of drug-likeness (QED) is 0.932. The molecule has 1 aliphatic heterocycles. The Bertz CT molecular complexity index is 585. The number of anilines is 2. The summed E-state index contributed by atoms with van der Waals surface area (Å²) < 4.78 is 0. The standard InChI is InChI=1S/C12H18N6S2/c1-8-9(10-15-16-11(13-2)20-10)19-12(14-8)18-6-4-17(3)5-7-18/h4-7H2,1-3H3,(H,13,16). The van der Waals surface area contributed by atoms with Crippen LogP contribution in [0.5, 0.6) is 0 Å². The van der Waals surface area contributed by atoms with Crippen LogP contribution in [-0.2, 0) is 0 Å². The van der Waals surface area contributed by atoms with Crippen molar-refractivity contribution in [2.75, 3.05) is 50.5 Å². The lowest BCUT2D eigenvalue weighted by atomic mass is 10.3. The van der Waals surface area contributed by atoms with E-state index in [4.69, 9.17) is 4.98 Å². The van der Waals surface area contributed by atoms with Gasteiger partial charge >= 0.3 is 0 Å². The van der Waals surface area contributed by atoms with E-state index in [0.717, 1.165) is 52.0 Å². The molecule has 8 heteroatoms. The summed E-state index contributed by atoms with van der Waals surface area (Å²) in [5, 5.41) is 14.3. The second kappa shape index (κ2) is 5.63. The molecule has 0 aromatic carbocycles. The third-order valence-corrected chi connectivity index (χ3v) is 5.70. The minimum absolute atomic E-state index is 0.842. The minimum atomic E-state index is 0.842. The van der Waals surface area contributed by atoms with Gasteiger partial charge in [-0.3, -0.25) is 0 Å². The van der Waals surface area contributed by atoms with Gasteiger partial charge in [0.2, 0.25) is 5.13 Å². The summed E-state index contributed by atoms with van der Waals surface area (Å²) in [5.41, 5.74) is 1.04. The fourth-order valence-electron chi connectivity index (χ4n) is 2.13. The van der Waals surface area contributed by atoms with Gasteiger partial charge in [0.05, 0.1) is 10.6 Å². The SMILES string of the molecule is CNc1nnc(-c2sc(N3CCN(C)CC3)nc2C)s1. The molecule has 108 valence electrons. The van der Waals surface area contributed by atoms with E-state index < -0.39 is 0 Å². The number of nitrogens with one attached hydrogen (secondary N) is 1. The number of piperazine rings is 1. The van der Waals surface area contributed by atoms with E-state index in [2.05, 4.69) is 32.4 Å². The fourth-order valence-corrected chi connectivity index (χ4v) is 4.07. The third-order valence-electron chi connectivity index (χ3n) is 3.39. The molecule has 20 heavy (non-hydrogen) atoms. The lowest BCUT2D eigenvalue weighted by molar-refractivity contribution is 0.312. The molecule has 1 fully saturated rings. The highest BCUT2D eigenvalue weighted by molar-refractivity contribution is 7.25. The van der Waals surface area contributed by atoms with Gasteiger partial charge in [0, 0.05) is 33.2 Å². The molecule has 0 spiro atoms. The molecule has 2 aromatic heterocycles. The van der Waals surface area contributed by atoms with Gasteiger partial charge in [-0.15, -0.1) is 10.2 Å². The van der Waals surface area contributed by atoms with Crippen LogP contribution in [-0.4, -0.2) is 60.4 Å². The van der Waals surface area contributed by atoms with Gasteiger partial charge in [-0.2, -0.15) is 0 Å². The predicted octanol–water partition coefficient (Wildman–Crippen LogP) is 1.76. The normalized spacial score (nSPS) is 16.6. The van der Waals surface area contributed by atoms with Crippen molar-refractivity contribution in [1.29, 1.82) is 0 Å². The zero-order chi connectivity index (χ0) is 14.1. The Hall–Kier alpha value is -1.25. The lowest BCUT2D eigenvalue weighted by Gasteiger charge is -2.32. The van der Waals surface area contributed by atoms with Crippen molar-refractivity contribution in [1.82, 2.24) is 20.1 Å². The number of aromatic nitrogens is 3. The van der Waals surface area contributed by atoms with Crippen LogP contribution in [0.15, 0.2) is 0 Å². The van der Waals surface area contributed by atoms with E-state index in [1.54, 1.807) is 22.7 Å². The molecule has 0 amide bonds. The van der Waals surface area contributed by atoms with Gasteiger partial charge in [-0.05, 0) is 14.0 Å². The highest BCUT2D eigenvalue weighted by Crippen LogP contribution is 2.37. The molecule has 1 aliphatic rings. The number of rotatable bonds is 3. The molecule has 3 rings (SSSR count). The number of likely N-dealkylation sites (N-methyl/N-ethyl adjacent to an activating group) is 1. The maximum absolute atomic E-state index is 4.72. The number of thiazole rings is 1.